The van der Waals surface area contributed by atoms with Gasteiger partial charge in [0.1, 0.15) is 0 Å². The van der Waals surface area contributed by atoms with E-state index in [2.05, 4.69) is 45.0 Å². The summed E-state index contributed by atoms with van der Waals surface area (Å²) >= 11 is 0. The molecule has 1 unspecified atom stereocenters. The van der Waals surface area contributed by atoms with Crippen molar-refractivity contribution >= 4 is 5.91 Å². The van der Waals surface area contributed by atoms with Gasteiger partial charge in [-0.2, -0.15) is 0 Å². The van der Waals surface area contributed by atoms with Crippen LogP contribution < -0.4 is 0 Å². The summed E-state index contributed by atoms with van der Waals surface area (Å²) in [5.74, 6) is 0.0723. The highest BCUT2D eigenvalue weighted by Gasteiger charge is 2.36. The second-order valence-corrected chi connectivity index (χ2v) is 9.56. The second kappa shape index (κ2) is 9.54. The fourth-order valence-electron chi connectivity index (χ4n) is 4.93. The molecule has 0 saturated heterocycles. The first-order chi connectivity index (χ1) is 14.7. The SMILES string of the molecule is CCc1cccc(C)c1CC(=O)N1C(C)c2cccc(CCC(C)(C)O)c2C[C@@H]1CO. The summed E-state index contributed by atoms with van der Waals surface area (Å²) in [5, 5.41) is 20.4. The van der Waals surface area contributed by atoms with Crippen LogP contribution in [0, 0.1) is 6.92 Å². The fraction of sp³-hybridized carbons (Fsp3) is 0.519. The van der Waals surface area contributed by atoms with Crippen LogP contribution in [0.5, 0.6) is 0 Å². The summed E-state index contributed by atoms with van der Waals surface area (Å²) in [4.78, 5) is 15.4. The number of amides is 1. The van der Waals surface area contributed by atoms with Gasteiger partial charge in [0, 0.05) is 0 Å². The van der Waals surface area contributed by atoms with E-state index in [1.807, 2.05) is 30.9 Å². The lowest BCUT2D eigenvalue weighted by Gasteiger charge is -2.42. The van der Waals surface area contributed by atoms with E-state index in [0.29, 0.717) is 19.3 Å². The molecule has 2 N–H and O–H groups in total. The molecule has 3 rings (SSSR count). The van der Waals surface area contributed by atoms with E-state index >= 15 is 0 Å². The number of aryl methyl sites for hydroxylation is 3. The zero-order chi connectivity index (χ0) is 22.8. The molecule has 0 bridgehead atoms. The molecule has 31 heavy (non-hydrogen) atoms. The summed E-state index contributed by atoms with van der Waals surface area (Å²) in [7, 11) is 0. The van der Waals surface area contributed by atoms with Gasteiger partial charge in [0.2, 0.25) is 5.91 Å². The van der Waals surface area contributed by atoms with Crippen molar-refractivity contribution in [3.8, 4) is 0 Å². The lowest BCUT2D eigenvalue weighted by molar-refractivity contribution is -0.137. The van der Waals surface area contributed by atoms with Crippen LogP contribution in [0.3, 0.4) is 0 Å². The molecule has 4 heteroatoms. The number of rotatable bonds is 7. The average Bonchev–Trinajstić information content (AvgIpc) is 2.72. The third-order valence-corrected chi connectivity index (χ3v) is 6.73. The Balaban J connectivity index is 1.90. The molecule has 168 valence electrons. The minimum absolute atomic E-state index is 0.0518. The van der Waals surface area contributed by atoms with Gasteiger partial charge >= 0.3 is 0 Å². The van der Waals surface area contributed by atoms with Crippen molar-refractivity contribution in [2.75, 3.05) is 6.61 Å². The van der Waals surface area contributed by atoms with Gasteiger partial charge in [-0.15, -0.1) is 0 Å². The standard InChI is InChI=1S/C27H37NO3/c1-6-20-10-7-9-18(2)24(20)16-26(30)28-19(3)23-12-8-11-21(13-14-27(4,5)31)25(23)15-22(28)17-29/h7-12,19,22,29,31H,6,13-17H2,1-5H3/t19?,22-/m1/s1. The molecule has 0 fully saturated rings. The van der Waals surface area contributed by atoms with E-state index in [9.17, 15) is 15.0 Å². The van der Waals surface area contributed by atoms with Crippen LogP contribution in [0.25, 0.3) is 0 Å². The van der Waals surface area contributed by atoms with E-state index < -0.39 is 5.60 Å². The molecule has 1 heterocycles. The van der Waals surface area contributed by atoms with Crippen molar-refractivity contribution in [2.24, 2.45) is 0 Å². The van der Waals surface area contributed by atoms with Crippen LogP contribution in [0.4, 0.5) is 0 Å². The first kappa shape index (κ1) is 23.5. The summed E-state index contributed by atoms with van der Waals surface area (Å²) < 4.78 is 0. The maximum Gasteiger partial charge on any atom is 0.227 e. The van der Waals surface area contributed by atoms with E-state index in [1.54, 1.807) is 0 Å². The smallest absolute Gasteiger partial charge is 0.227 e. The fourth-order valence-corrected chi connectivity index (χ4v) is 4.93. The zero-order valence-corrected chi connectivity index (χ0v) is 19.6. The monoisotopic (exact) mass is 423 g/mol. The highest BCUT2D eigenvalue weighted by Crippen LogP contribution is 2.36. The Morgan fingerprint density at radius 2 is 1.84 bits per heavy atom. The largest absolute Gasteiger partial charge is 0.394 e. The molecule has 4 nitrogen and oxygen atoms in total. The van der Waals surface area contributed by atoms with Crippen molar-refractivity contribution in [3.05, 3.63) is 69.8 Å². The Hall–Kier alpha value is -2.17. The molecule has 0 spiro atoms. The normalized spacial score (nSPS) is 18.7. The lowest BCUT2D eigenvalue weighted by Crippen LogP contribution is -2.49. The highest BCUT2D eigenvalue weighted by atomic mass is 16.3. The van der Waals surface area contributed by atoms with Crippen molar-refractivity contribution in [3.63, 3.8) is 0 Å². The van der Waals surface area contributed by atoms with Crippen LogP contribution in [0.2, 0.25) is 0 Å². The number of hydrogen-bond acceptors (Lipinski definition) is 3. The lowest BCUT2D eigenvalue weighted by atomic mass is 9.83. The zero-order valence-electron chi connectivity index (χ0n) is 19.6. The molecule has 1 aliphatic heterocycles. The van der Waals surface area contributed by atoms with Gasteiger partial charge in [0.25, 0.3) is 0 Å². The maximum absolute atomic E-state index is 13.5. The number of fused-ring (bicyclic) bond motifs is 1. The highest BCUT2D eigenvalue weighted by molar-refractivity contribution is 5.81. The number of aliphatic hydroxyl groups is 2. The Morgan fingerprint density at radius 3 is 2.48 bits per heavy atom. The first-order valence-corrected chi connectivity index (χ1v) is 11.5. The van der Waals surface area contributed by atoms with Crippen molar-refractivity contribution < 1.29 is 15.0 Å². The molecule has 0 aliphatic carbocycles. The molecule has 2 atom stereocenters. The van der Waals surface area contributed by atoms with E-state index in [4.69, 9.17) is 0 Å². The predicted octanol–water partition coefficient (Wildman–Crippen LogP) is 4.31. The molecule has 2 aromatic rings. The molecular formula is C27H37NO3. The quantitative estimate of drug-likeness (QED) is 0.698. The first-order valence-electron chi connectivity index (χ1n) is 11.5. The minimum atomic E-state index is -0.716. The molecule has 1 aliphatic rings. The van der Waals surface area contributed by atoms with Gasteiger partial charge in [-0.05, 0) is 86.8 Å². The number of carbonyl (C=O) groups excluding carboxylic acids is 1. The summed E-state index contributed by atoms with van der Waals surface area (Å²) in [6, 6.07) is 12.2. The molecular weight excluding hydrogens is 386 g/mol. The maximum atomic E-state index is 13.5. The van der Waals surface area contributed by atoms with E-state index in [-0.39, 0.29) is 24.6 Å². The van der Waals surface area contributed by atoms with Crippen LogP contribution in [0.15, 0.2) is 36.4 Å². The van der Waals surface area contributed by atoms with Crippen molar-refractivity contribution in [1.82, 2.24) is 4.90 Å². The molecule has 0 radical (unpaired) electrons. The molecule has 1 amide bonds. The Kier molecular flexibility index (Phi) is 7.23. The average molecular weight is 424 g/mol. The summed E-state index contributed by atoms with van der Waals surface area (Å²) in [5.41, 5.74) is 6.36. The Bertz CT molecular complexity index is 929. The third-order valence-electron chi connectivity index (χ3n) is 6.73. The van der Waals surface area contributed by atoms with Gasteiger partial charge in [-0.25, -0.2) is 0 Å². The summed E-state index contributed by atoms with van der Waals surface area (Å²) in [6.07, 6.45) is 3.38. The number of carbonyl (C=O) groups is 1. The Morgan fingerprint density at radius 1 is 1.16 bits per heavy atom. The Labute approximate surface area is 186 Å². The number of hydrogen-bond donors (Lipinski definition) is 2. The number of aliphatic hydroxyl groups excluding tert-OH is 1. The van der Waals surface area contributed by atoms with Crippen LogP contribution in [-0.2, 0) is 30.5 Å². The third kappa shape index (κ3) is 5.19. The number of benzene rings is 2. The predicted molar refractivity (Wildman–Crippen MR) is 125 cm³/mol. The van der Waals surface area contributed by atoms with Gasteiger partial charge in [-0.3, -0.25) is 4.79 Å². The van der Waals surface area contributed by atoms with Gasteiger partial charge in [-0.1, -0.05) is 43.3 Å². The van der Waals surface area contributed by atoms with Crippen LogP contribution >= 0.6 is 0 Å². The number of nitrogens with zero attached hydrogens (tertiary/aromatic N) is 1. The molecule has 0 saturated carbocycles. The summed E-state index contributed by atoms with van der Waals surface area (Å²) in [6.45, 7) is 9.86. The van der Waals surface area contributed by atoms with E-state index in [1.165, 1.54) is 16.7 Å². The van der Waals surface area contributed by atoms with Gasteiger partial charge < -0.3 is 15.1 Å². The van der Waals surface area contributed by atoms with Crippen LogP contribution in [-0.4, -0.2) is 39.3 Å². The van der Waals surface area contributed by atoms with Gasteiger partial charge in [0.15, 0.2) is 0 Å². The topological polar surface area (TPSA) is 60.8 Å². The molecule has 0 aromatic heterocycles. The molecule has 2 aromatic carbocycles. The minimum Gasteiger partial charge on any atom is -0.394 e. The van der Waals surface area contributed by atoms with Crippen molar-refractivity contribution in [1.29, 1.82) is 0 Å². The van der Waals surface area contributed by atoms with Gasteiger partial charge in [0.05, 0.1) is 30.7 Å². The van der Waals surface area contributed by atoms with E-state index in [0.717, 1.165) is 29.5 Å². The second-order valence-electron chi connectivity index (χ2n) is 9.56. The van der Waals surface area contributed by atoms with Crippen LogP contribution in [0.1, 0.15) is 73.5 Å². The van der Waals surface area contributed by atoms with Crippen molar-refractivity contribution in [2.45, 2.75) is 84.4 Å².